The molecular formula is C19H27FN4O2. The Hall–Kier alpha value is -2.54. The Labute approximate surface area is 154 Å². The summed E-state index contributed by atoms with van der Waals surface area (Å²) in [6.45, 7) is 3.08. The lowest BCUT2D eigenvalue weighted by atomic mass is 10.2. The number of hydrogen-bond donors (Lipinski definition) is 2. The highest BCUT2D eigenvalue weighted by molar-refractivity contribution is 5.79. The minimum Gasteiger partial charge on any atom is -0.489 e. The van der Waals surface area contributed by atoms with Crippen molar-refractivity contribution in [3.8, 4) is 5.75 Å². The third-order valence-corrected chi connectivity index (χ3v) is 3.87. The van der Waals surface area contributed by atoms with E-state index in [4.69, 9.17) is 9.15 Å². The maximum absolute atomic E-state index is 13.2. The Morgan fingerprint density at radius 1 is 1.23 bits per heavy atom. The van der Waals surface area contributed by atoms with Crippen LogP contribution < -0.4 is 15.4 Å². The average Bonchev–Trinajstić information content (AvgIpc) is 3.11. The minimum absolute atomic E-state index is 0.0875. The van der Waals surface area contributed by atoms with Crippen LogP contribution in [-0.4, -0.2) is 51.2 Å². The Morgan fingerprint density at radius 3 is 2.62 bits per heavy atom. The second-order valence-electron chi connectivity index (χ2n) is 6.21. The normalized spacial score (nSPS) is 14.2. The van der Waals surface area contributed by atoms with Crippen molar-refractivity contribution in [2.75, 3.05) is 34.2 Å². The molecule has 0 bridgehead atoms. The van der Waals surface area contributed by atoms with Crippen molar-refractivity contribution >= 4 is 5.96 Å². The Morgan fingerprint density at radius 2 is 2.00 bits per heavy atom. The van der Waals surface area contributed by atoms with Gasteiger partial charge in [-0.05, 0) is 45.3 Å². The number of likely N-dealkylation sites (N-methyl/N-ethyl adjacent to an activating group) is 1. The molecule has 1 heterocycles. The summed E-state index contributed by atoms with van der Waals surface area (Å²) in [6, 6.07) is 10.0. The van der Waals surface area contributed by atoms with Gasteiger partial charge in [-0.2, -0.15) is 0 Å². The molecular weight excluding hydrogens is 335 g/mol. The summed E-state index contributed by atoms with van der Waals surface area (Å²) in [7, 11) is 5.71. The van der Waals surface area contributed by atoms with Gasteiger partial charge in [-0.1, -0.05) is 6.07 Å². The van der Waals surface area contributed by atoms with E-state index in [0.717, 1.165) is 5.76 Å². The predicted octanol–water partition coefficient (Wildman–Crippen LogP) is 2.65. The monoisotopic (exact) mass is 362 g/mol. The van der Waals surface area contributed by atoms with E-state index in [2.05, 4.69) is 20.5 Å². The van der Waals surface area contributed by atoms with E-state index in [0.29, 0.717) is 24.8 Å². The fraction of sp³-hybridized carbons (Fsp3) is 0.421. The summed E-state index contributed by atoms with van der Waals surface area (Å²) in [5.74, 6) is 1.75. The molecule has 0 aliphatic rings. The molecule has 6 nitrogen and oxygen atoms in total. The van der Waals surface area contributed by atoms with Crippen LogP contribution in [0.25, 0.3) is 0 Å². The molecule has 0 aliphatic carbocycles. The van der Waals surface area contributed by atoms with Crippen LogP contribution in [0, 0.1) is 5.82 Å². The summed E-state index contributed by atoms with van der Waals surface area (Å²) >= 11 is 0. The van der Waals surface area contributed by atoms with Crippen molar-refractivity contribution in [1.82, 2.24) is 15.5 Å². The molecule has 2 aromatic rings. The zero-order chi connectivity index (χ0) is 18.9. The maximum atomic E-state index is 13.2. The third kappa shape index (κ3) is 6.07. The van der Waals surface area contributed by atoms with Gasteiger partial charge in [-0.3, -0.25) is 9.89 Å². The molecule has 0 amide bonds. The number of rotatable bonds is 8. The molecule has 142 valence electrons. The molecule has 2 rings (SSSR count). The van der Waals surface area contributed by atoms with Crippen LogP contribution in [0.4, 0.5) is 4.39 Å². The van der Waals surface area contributed by atoms with Crippen molar-refractivity contribution in [3.63, 3.8) is 0 Å². The van der Waals surface area contributed by atoms with Gasteiger partial charge in [-0.15, -0.1) is 0 Å². The quantitative estimate of drug-likeness (QED) is 0.558. The fourth-order valence-corrected chi connectivity index (χ4v) is 2.49. The number of hydrogen-bond acceptors (Lipinski definition) is 4. The van der Waals surface area contributed by atoms with Crippen LogP contribution in [0.2, 0.25) is 0 Å². The van der Waals surface area contributed by atoms with E-state index in [9.17, 15) is 4.39 Å². The second kappa shape index (κ2) is 9.82. The van der Waals surface area contributed by atoms with Crippen LogP contribution in [0.15, 0.2) is 52.1 Å². The molecule has 2 atom stereocenters. The van der Waals surface area contributed by atoms with Crippen LogP contribution in [0.3, 0.4) is 0 Å². The SMILES string of the molecule is CN=C(NCC(C)Oc1cccc(F)c1)NCC(c1ccco1)N(C)C. The molecule has 1 aromatic heterocycles. The third-order valence-electron chi connectivity index (χ3n) is 3.87. The van der Waals surface area contributed by atoms with E-state index in [-0.39, 0.29) is 18.0 Å². The van der Waals surface area contributed by atoms with E-state index in [1.807, 2.05) is 33.2 Å². The number of nitrogens with zero attached hydrogens (tertiary/aromatic N) is 2. The number of nitrogens with one attached hydrogen (secondary N) is 2. The summed E-state index contributed by atoms with van der Waals surface area (Å²) in [5.41, 5.74) is 0. The average molecular weight is 362 g/mol. The zero-order valence-electron chi connectivity index (χ0n) is 15.7. The van der Waals surface area contributed by atoms with Gasteiger partial charge in [0.15, 0.2) is 5.96 Å². The van der Waals surface area contributed by atoms with Gasteiger partial charge in [0, 0.05) is 19.7 Å². The lowest BCUT2D eigenvalue weighted by Gasteiger charge is -2.24. The smallest absolute Gasteiger partial charge is 0.191 e. The highest BCUT2D eigenvalue weighted by atomic mass is 19.1. The van der Waals surface area contributed by atoms with Gasteiger partial charge >= 0.3 is 0 Å². The molecule has 2 unspecified atom stereocenters. The van der Waals surface area contributed by atoms with E-state index < -0.39 is 0 Å². The maximum Gasteiger partial charge on any atom is 0.191 e. The Bertz CT molecular complexity index is 689. The lowest BCUT2D eigenvalue weighted by Crippen LogP contribution is -2.44. The van der Waals surface area contributed by atoms with Gasteiger partial charge in [-0.25, -0.2) is 4.39 Å². The topological polar surface area (TPSA) is 62.0 Å². The van der Waals surface area contributed by atoms with Crippen LogP contribution in [0.1, 0.15) is 18.7 Å². The molecule has 1 aromatic carbocycles. The molecule has 0 saturated carbocycles. The van der Waals surface area contributed by atoms with Gasteiger partial charge < -0.3 is 19.8 Å². The zero-order valence-corrected chi connectivity index (χ0v) is 15.7. The molecule has 0 radical (unpaired) electrons. The fourth-order valence-electron chi connectivity index (χ4n) is 2.49. The van der Waals surface area contributed by atoms with Gasteiger partial charge in [0.05, 0.1) is 18.8 Å². The number of benzene rings is 1. The van der Waals surface area contributed by atoms with E-state index in [1.165, 1.54) is 12.1 Å². The van der Waals surface area contributed by atoms with Gasteiger partial charge in [0.2, 0.25) is 0 Å². The molecule has 7 heteroatoms. The number of furan rings is 1. The number of guanidine groups is 1. The largest absolute Gasteiger partial charge is 0.489 e. The molecule has 0 aliphatic heterocycles. The molecule has 0 saturated heterocycles. The van der Waals surface area contributed by atoms with Crippen LogP contribution in [0.5, 0.6) is 5.75 Å². The first-order chi connectivity index (χ1) is 12.5. The summed E-state index contributed by atoms with van der Waals surface area (Å²) in [4.78, 5) is 6.30. The van der Waals surface area contributed by atoms with Crippen LogP contribution >= 0.6 is 0 Å². The predicted molar refractivity (Wildman–Crippen MR) is 101 cm³/mol. The van der Waals surface area contributed by atoms with E-state index >= 15 is 0 Å². The first-order valence-corrected chi connectivity index (χ1v) is 8.56. The first kappa shape index (κ1) is 19.8. The number of halogens is 1. The van der Waals surface area contributed by atoms with Gasteiger partial charge in [0.25, 0.3) is 0 Å². The summed E-state index contributed by atoms with van der Waals surface area (Å²) in [6.07, 6.45) is 1.52. The molecule has 0 fully saturated rings. The van der Waals surface area contributed by atoms with Crippen molar-refractivity contribution in [2.24, 2.45) is 4.99 Å². The van der Waals surface area contributed by atoms with E-state index in [1.54, 1.807) is 25.4 Å². The number of ether oxygens (including phenoxy) is 1. The van der Waals surface area contributed by atoms with Gasteiger partial charge in [0.1, 0.15) is 23.4 Å². The molecule has 0 spiro atoms. The lowest BCUT2D eigenvalue weighted by molar-refractivity contribution is 0.222. The molecule has 26 heavy (non-hydrogen) atoms. The van der Waals surface area contributed by atoms with Crippen molar-refractivity contribution in [2.45, 2.75) is 19.1 Å². The first-order valence-electron chi connectivity index (χ1n) is 8.56. The Kier molecular flexibility index (Phi) is 7.47. The van der Waals surface area contributed by atoms with Crippen LogP contribution in [-0.2, 0) is 0 Å². The second-order valence-corrected chi connectivity index (χ2v) is 6.21. The van der Waals surface area contributed by atoms with Crippen molar-refractivity contribution < 1.29 is 13.5 Å². The molecule has 2 N–H and O–H groups in total. The number of aliphatic imine (C=N–C) groups is 1. The van der Waals surface area contributed by atoms with Crippen molar-refractivity contribution in [3.05, 3.63) is 54.2 Å². The Balaban J connectivity index is 1.81. The standard InChI is InChI=1S/C19H27FN4O2/c1-14(26-16-8-5-7-15(20)11-16)12-22-19(21-2)23-13-17(24(3)4)18-9-6-10-25-18/h5-11,14,17H,12-13H2,1-4H3,(H2,21,22,23). The highest BCUT2D eigenvalue weighted by Gasteiger charge is 2.17. The van der Waals surface area contributed by atoms with Crippen molar-refractivity contribution in [1.29, 1.82) is 0 Å². The summed E-state index contributed by atoms with van der Waals surface area (Å²) < 4.78 is 24.4. The summed E-state index contributed by atoms with van der Waals surface area (Å²) in [5, 5.41) is 6.50. The minimum atomic E-state index is -0.312. The highest BCUT2D eigenvalue weighted by Crippen LogP contribution is 2.17.